The normalized spacial score (nSPS) is 22.2. The molecule has 120 valence electrons. The van der Waals surface area contributed by atoms with Crippen LogP contribution in [0.3, 0.4) is 0 Å². The maximum atomic E-state index is 12.4. The molecular weight excluding hydrogens is 347 g/mol. The molecule has 0 saturated carbocycles. The van der Waals surface area contributed by atoms with Crippen molar-refractivity contribution in [1.29, 1.82) is 0 Å². The van der Waals surface area contributed by atoms with Gasteiger partial charge in [0.05, 0.1) is 9.90 Å². The predicted octanol–water partition coefficient (Wildman–Crippen LogP) is 2.52. The summed E-state index contributed by atoms with van der Waals surface area (Å²) in [4.78, 5) is 28.2. The van der Waals surface area contributed by atoms with Crippen molar-refractivity contribution in [3.8, 4) is 0 Å². The third-order valence-electron chi connectivity index (χ3n) is 3.97. The third-order valence-corrected chi connectivity index (χ3v) is 5.46. The summed E-state index contributed by atoms with van der Waals surface area (Å²) in [6.45, 7) is 2.72. The molecule has 2 fully saturated rings. The van der Waals surface area contributed by atoms with Gasteiger partial charge in [0.25, 0.3) is 11.8 Å². The first kappa shape index (κ1) is 16.1. The number of amides is 2. The first-order chi connectivity index (χ1) is 10.6. The van der Waals surface area contributed by atoms with Crippen LogP contribution in [0.5, 0.6) is 0 Å². The number of carbonyl (C=O) groups excluding carboxylic acids is 2. The summed E-state index contributed by atoms with van der Waals surface area (Å²) >= 11 is 13.1. The number of halogens is 2. The van der Waals surface area contributed by atoms with Crippen LogP contribution in [0.4, 0.5) is 0 Å². The molecule has 0 N–H and O–H groups in total. The number of hydrogen-bond acceptors (Lipinski definition) is 4. The zero-order chi connectivity index (χ0) is 15.7. The van der Waals surface area contributed by atoms with Crippen LogP contribution in [0.25, 0.3) is 0 Å². The van der Waals surface area contributed by atoms with Gasteiger partial charge < -0.3 is 14.5 Å². The van der Waals surface area contributed by atoms with Crippen molar-refractivity contribution in [3.63, 3.8) is 0 Å². The van der Waals surface area contributed by atoms with Crippen molar-refractivity contribution in [3.05, 3.63) is 20.3 Å². The van der Waals surface area contributed by atoms with E-state index in [9.17, 15) is 9.59 Å². The van der Waals surface area contributed by atoms with E-state index in [2.05, 4.69) is 0 Å². The molecule has 0 radical (unpaired) electrons. The maximum Gasteiger partial charge on any atom is 0.256 e. The second-order valence-corrected chi connectivity index (χ2v) is 7.64. The molecule has 1 unspecified atom stereocenters. The summed E-state index contributed by atoms with van der Waals surface area (Å²) in [6.07, 6.45) is 1.43. The fourth-order valence-corrected chi connectivity index (χ4v) is 4.21. The number of ether oxygens (including phenoxy) is 1. The van der Waals surface area contributed by atoms with Crippen LogP contribution in [-0.2, 0) is 9.53 Å². The number of hydrogen-bond donors (Lipinski definition) is 0. The van der Waals surface area contributed by atoms with Crippen LogP contribution < -0.4 is 0 Å². The lowest BCUT2D eigenvalue weighted by Crippen LogP contribution is -2.52. The van der Waals surface area contributed by atoms with Crippen LogP contribution in [-0.4, -0.2) is 60.5 Å². The molecule has 0 bridgehead atoms. The molecular formula is C14H16Cl2N2O3S. The summed E-state index contributed by atoms with van der Waals surface area (Å²) in [5, 5.41) is 0. The van der Waals surface area contributed by atoms with Gasteiger partial charge >= 0.3 is 0 Å². The maximum absolute atomic E-state index is 12.4. The van der Waals surface area contributed by atoms with Crippen molar-refractivity contribution in [2.45, 2.75) is 18.9 Å². The molecule has 1 aromatic heterocycles. The van der Waals surface area contributed by atoms with Gasteiger partial charge in [-0.2, -0.15) is 0 Å². The topological polar surface area (TPSA) is 49.9 Å². The molecule has 2 saturated heterocycles. The molecule has 3 rings (SSSR count). The molecule has 2 amide bonds. The Kier molecular flexibility index (Phi) is 4.92. The first-order valence-electron chi connectivity index (χ1n) is 7.21. The molecule has 3 heterocycles. The molecule has 8 heteroatoms. The minimum atomic E-state index is -0.299. The minimum Gasteiger partial charge on any atom is -0.368 e. The summed E-state index contributed by atoms with van der Waals surface area (Å²) in [6, 6.07) is 1.60. The molecule has 2 aliphatic rings. The smallest absolute Gasteiger partial charge is 0.256 e. The van der Waals surface area contributed by atoms with Gasteiger partial charge in [0.2, 0.25) is 0 Å². The second-order valence-electron chi connectivity index (χ2n) is 5.36. The van der Waals surface area contributed by atoms with E-state index in [4.69, 9.17) is 27.9 Å². The number of carbonyl (C=O) groups is 2. The van der Waals surface area contributed by atoms with E-state index in [-0.39, 0.29) is 17.9 Å². The largest absolute Gasteiger partial charge is 0.368 e. The van der Waals surface area contributed by atoms with E-state index in [0.29, 0.717) is 47.0 Å². The number of piperazine rings is 1. The lowest BCUT2D eigenvalue weighted by atomic mass is 10.2. The molecule has 0 spiro atoms. The number of nitrogens with zero attached hydrogens (tertiary/aromatic N) is 2. The fourth-order valence-electron chi connectivity index (χ4n) is 2.76. The standard InChI is InChI=1S/C14H16Cl2N2O3S/c15-11-8-9(12(16)22-11)13(19)17-3-5-18(6-4-17)14(20)10-2-1-7-21-10/h8,10H,1-7H2. The highest BCUT2D eigenvalue weighted by Crippen LogP contribution is 2.32. The van der Waals surface area contributed by atoms with Crippen LogP contribution >= 0.6 is 34.5 Å². The zero-order valence-electron chi connectivity index (χ0n) is 11.9. The van der Waals surface area contributed by atoms with E-state index >= 15 is 0 Å². The van der Waals surface area contributed by atoms with Gasteiger partial charge in [-0.1, -0.05) is 23.2 Å². The van der Waals surface area contributed by atoms with Crippen molar-refractivity contribution < 1.29 is 14.3 Å². The van der Waals surface area contributed by atoms with Gasteiger partial charge in [-0.3, -0.25) is 9.59 Å². The Morgan fingerprint density at radius 1 is 1.18 bits per heavy atom. The third kappa shape index (κ3) is 3.25. The molecule has 0 aliphatic carbocycles. The van der Waals surface area contributed by atoms with Crippen LogP contribution in [0.2, 0.25) is 8.67 Å². The van der Waals surface area contributed by atoms with E-state index in [1.165, 1.54) is 11.3 Å². The van der Waals surface area contributed by atoms with Crippen molar-refractivity contribution >= 4 is 46.4 Å². The minimum absolute atomic E-state index is 0.0428. The Balaban J connectivity index is 1.58. The van der Waals surface area contributed by atoms with Gasteiger partial charge in [0.1, 0.15) is 10.4 Å². The Labute approximate surface area is 142 Å². The second kappa shape index (κ2) is 6.74. The van der Waals surface area contributed by atoms with E-state index in [0.717, 1.165) is 12.8 Å². The van der Waals surface area contributed by atoms with E-state index in [1.54, 1.807) is 15.9 Å². The van der Waals surface area contributed by atoms with Crippen molar-refractivity contribution in [2.75, 3.05) is 32.8 Å². The van der Waals surface area contributed by atoms with Gasteiger partial charge in [-0.25, -0.2) is 0 Å². The highest BCUT2D eigenvalue weighted by molar-refractivity contribution is 7.20. The Morgan fingerprint density at radius 3 is 2.41 bits per heavy atom. The summed E-state index contributed by atoms with van der Waals surface area (Å²) in [7, 11) is 0. The summed E-state index contributed by atoms with van der Waals surface area (Å²) in [5.41, 5.74) is 0.440. The van der Waals surface area contributed by atoms with Gasteiger partial charge in [-0.15, -0.1) is 11.3 Å². The first-order valence-corrected chi connectivity index (χ1v) is 8.78. The van der Waals surface area contributed by atoms with Crippen LogP contribution in [0.15, 0.2) is 6.07 Å². The molecule has 1 aromatic rings. The lowest BCUT2D eigenvalue weighted by molar-refractivity contribution is -0.142. The molecule has 1 atom stereocenters. The van der Waals surface area contributed by atoms with Gasteiger partial charge in [0.15, 0.2) is 0 Å². The van der Waals surface area contributed by atoms with Crippen molar-refractivity contribution in [1.82, 2.24) is 9.80 Å². The highest BCUT2D eigenvalue weighted by Gasteiger charge is 2.32. The van der Waals surface area contributed by atoms with Crippen LogP contribution in [0.1, 0.15) is 23.2 Å². The summed E-state index contributed by atoms with van der Waals surface area (Å²) < 4.78 is 6.34. The molecule has 22 heavy (non-hydrogen) atoms. The zero-order valence-corrected chi connectivity index (χ0v) is 14.2. The Hall–Kier alpha value is -0.820. The van der Waals surface area contributed by atoms with Crippen LogP contribution in [0, 0.1) is 0 Å². The van der Waals surface area contributed by atoms with Gasteiger partial charge in [-0.05, 0) is 18.9 Å². The monoisotopic (exact) mass is 362 g/mol. The van der Waals surface area contributed by atoms with Crippen molar-refractivity contribution in [2.24, 2.45) is 0 Å². The molecule has 2 aliphatic heterocycles. The molecule has 0 aromatic carbocycles. The number of thiophene rings is 1. The van der Waals surface area contributed by atoms with E-state index in [1.807, 2.05) is 0 Å². The van der Waals surface area contributed by atoms with Gasteiger partial charge in [0, 0.05) is 32.8 Å². The summed E-state index contributed by atoms with van der Waals surface area (Å²) in [5.74, 6) is -0.0847. The van der Waals surface area contributed by atoms with E-state index < -0.39 is 0 Å². The molecule has 5 nitrogen and oxygen atoms in total. The Morgan fingerprint density at radius 2 is 1.86 bits per heavy atom. The lowest BCUT2D eigenvalue weighted by Gasteiger charge is -2.35. The predicted molar refractivity (Wildman–Crippen MR) is 85.8 cm³/mol. The average molecular weight is 363 g/mol. The number of rotatable bonds is 2. The fraction of sp³-hybridized carbons (Fsp3) is 0.571. The highest BCUT2D eigenvalue weighted by atomic mass is 35.5. The Bertz CT molecular complexity index is 579. The quantitative estimate of drug-likeness (QED) is 0.811. The average Bonchev–Trinajstić information content (AvgIpc) is 3.15. The SMILES string of the molecule is O=C(c1cc(Cl)sc1Cl)N1CCN(C(=O)C2CCCO2)CC1.